The SMILES string of the molecule is CCNC(=O)Nc1nc2cc(-c3ccc(CC)nc3)cc(-c3cccnc3)c2s1. The Morgan fingerprint density at radius 3 is 2.66 bits per heavy atom. The largest absolute Gasteiger partial charge is 0.338 e. The lowest BCUT2D eigenvalue weighted by atomic mass is 10.00. The minimum absolute atomic E-state index is 0.255. The summed E-state index contributed by atoms with van der Waals surface area (Å²) in [5, 5.41) is 6.11. The summed E-state index contributed by atoms with van der Waals surface area (Å²) in [6, 6.07) is 12.0. The van der Waals surface area contributed by atoms with Gasteiger partial charge in [-0.25, -0.2) is 9.78 Å². The standard InChI is InChI=1S/C22H21N5OS/c1-3-17-8-7-14(13-25-17)16-10-18(15-6-5-9-23-12-15)20-19(11-16)26-22(29-20)27-21(28)24-4-2/h5-13H,3-4H2,1-2H3,(H2,24,26,27,28). The molecule has 3 heterocycles. The molecule has 0 aliphatic heterocycles. The molecule has 0 aliphatic carbocycles. The van der Waals surface area contributed by atoms with Crippen LogP contribution in [0.4, 0.5) is 9.93 Å². The third-order valence-corrected chi connectivity index (χ3v) is 5.56. The number of rotatable bonds is 5. The van der Waals surface area contributed by atoms with E-state index in [-0.39, 0.29) is 6.03 Å². The summed E-state index contributed by atoms with van der Waals surface area (Å²) >= 11 is 1.46. The topological polar surface area (TPSA) is 79.8 Å². The predicted molar refractivity (Wildman–Crippen MR) is 118 cm³/mol. The molecule has 1 aromatic carbocycles. The zero-order valence-electron chi connectivity index (χ0n) is 16.3. The average Bonchev–Trinajstić information content (AvgIpc) is 3.16. The van der Waals surface area contributed by atoms with E-state index in [2.05, 4.69) is 44.6 Å². The number of nitrogens with zero attached hydrogens (tertiary/aromatic N) is 3. The Hall–Kier alpha value is -3.32. The zero-order chi connectivity index (χ0) is 20.2. The van der Waals surface area contributed by atoms with Crippen LogP contribution in [0.15, 0.2) is 55.0 Å². The Labute approximate surface area is 173 Å². The molecule has 0 spiro atoms. The van der Waals surface area contributed by atoms with E-state index in [4.69, 9.17) is 0 Å². The van der Waals surface area contributed by atoms with Gasteiger partial charge in [-0.3, -0.25) is 15.3 Å². The number of aryl methyl sites for hydroxylation is 1. The second kappa shape index (κ2) is 8.36. The number of nitrogens with one attached hydrogen (secondary N) is 2. The van der Waals surface area contributed by atoms with Gasteiger partial charge in [-0.15, -0.1) is 0 Å². The highest BCUT2D eigenvalue weighted by Crippen LogP contribution is 2.38. The Balaban J connectivity index is 1.84. The maximum absolute atomic E-state index is 11.9. The molecule has 29 heavy (non-hydrogen) atoms. The van der Waals surface area contributed by atoms with Crippen molar-refractivity contribution in [3.63, 3.8) is 0 Å². The van der Waals surface area contributed by atoms with Crippen LogP contribution in [-0.4, -0.2) is 27.5 Å². The number of hydrogen-bond acceptors (Lipinski definition) is 5. The predicted octanol–water partition coefficient (Wildman–Crippen LogP) is 5.12. The fraction of sp³-hybridized carbons (Fsp3) is 0.182. The Morgan fingerprint density at radius 1 is 1.07 bits per heavy atom. The Kier molecular flexibility index (Phi) is 5.48. The molecule has 0 bridgehead atoms. The van der Waals surface area contributed by atoms with E-state index in [1.165, 1.54) is 11.3 Å². The highest BCUT2D eigenvalue weighted by atomic mass is 32.1. The van der Waals surface area contributed by atoms with Gasteiger partial charge in [-0.1, -0.05) is 30.4 Å². The van der Waals surface area contributed by atoms with Gasteiger partial charge in [-0.05, 0) is 43.2 Å². The van der Waals surface area contributed by atoms with Gasteiger partial charge in [0.25, 0.3) is 0 Å². The van der Waals surface area contributed by atoms with Crippen molar-refractivity contribution in [3.8, 4) is 22.3 Å². The highest BCUT2D eigenvalue weighted by molar-refractivity contribution is 7.22. The average molecular weight is 404 g/mol. The molecule has 0 radical (unpaired) electrons. The summed E-state index contributed by atoms with van der Waals surface area (Å²) in [7, 11) is 0. The molecular formula is C22H21N5OS. The second-order valence-electron chi connectivity index (χ2n) is 6.51. The van der Waals surface area contributed by atoms with Crippen molar-refractivity contribution >= 4 is 32.7 Å². The molecule has 0 fully saturated rings. The monoisotopic (exact) mass is 403 g/mol. The fourth-order valence-electron chi connectivity index (χ4n) is 3.10. The van der Waals surface area contributed by atoms with E-state index in [0.717, 1.165) is 44.6 Å². The summed E-state index contributed by atoms with van der Waals surface area (Å²) in [6.07, 6.45) is 6.40. The maximum Gasteiger partial charge on any atom is 0.321 e. The van der Waals surface area contributed by atoms with Crippen LogP contribution in [0.25, 0.3) is 32.5 Å². The number of anilines is 1. The molecule has 0 unspecified atom stereocenters. The van der Waals surface area contributed by atoms with Crippen LogP contribution >= 0.6 is 11.3 Å². The number of carbonyl (C=O) groups excluding carboxylic acids is 1. The molecule has 4 aromatic rings. The summed E-state index contributed by atoms with van der Waals surface area (Å²) in [6.45, 7) is 4.53. The Bertz CT molecular complexity index is 1140. The van der Waals surface area contributed by atoms with E-state index < -0.39 is 0 Å². The quantitative estimate of drug-likeness (QED) is 0.484. The van der Waals surface area contributed by atoms with E-state index in [1.54, 1.807) is 6.20 Å². The van der Waals surface area contributed by atoms with Crippen LogP contribution in [0.1, 0.15) is 19.5 Å². The van der Waals surface area contributed by atoms with Crippen molar-refractivity contribution < 1.29 is 4.79 Å². The third-order valence-electron chi connectivity index (χ3n) is 4.54. The number of fused-ring (bicyclic) bond motifs is 1. The molecule has 146 valence electrons. The molecule has 6 nitrogen and oxygen atoms in total. The smallest absolute Gasteiger partial charge is 0.321 e. The Morgan fingerprint density at radius 2 is 1.97 bits per heavy atom. The molecule has 0 saturated heterocycles. The molecule has 4 rings (SSSR count). The van der Waals surface area contributed by atoms with Gasteiger partial charge in [-0.2, -0.15) is 0 Å². The van der Waals surface area contributed by atoms with Gasteiger partial charge in [0.2, 0.25) is 0 Å². The molecule has 2 amide bonds. The van der Waals surface area contributed by atoms with Crippen LogP contribution in [0.2, 0.25) is 0 Å². The maximum atomic E-state index is 11.9. The van der Waals surface area contributed by atoms with Crippen molar-refractivity contribution in [2.75, 3.05) is 11.9 Å². The van der Waals surface area contributed by atoms with Crippen molar-refractivity contribution in [2.24, 2.45) is 0 Å². The molecule has 0 atom stereocenters. The normalized spacial score (nSPS) is 10.8. The number of pyridine rings is 2. The number of benzene rings is 1. The highest BCUT2D eigenvalue weighted by Gasteiger charge is 2.14. The van der Waals surface area contributed by atoms with Crippen molar-refractivity contribution in [3.05, 3.63) is 60.7 Å². The van der Waals surface area contributed by atoms with Gasteiger partial charge in [0.1, 0.15) is 0 Å². The van der Waals surface area contributed by atoms with Crippen LogP contribution in [-0.2, 0) is 6.42 Å². The lowest BCUT2D eigenvalue weighted by Crippen LogP contribution is -2.28. The van der Waals surface area contributed by atoms with Crippen molar-refractivity contribution in [2.45, 2.75) is 20.3 Å². The van der Waals surface area contributed by atoms with Crippen LogP contribution in [0.5, 0.6) is 0 Å². The molecular weight excluding hydrogens is 382 g/mol. The van der Waals surface area contributed by atoms with E-state index in [1.807, 2.05) is 43.6 Å². The minimum atomic E-state index is -0.255. The minimum Gasteiger partial charge on any atom is -0.338 e. The number of urea groups is 1. The summed E-state index contributed by atoms with van der Waals surface area (Å²) in [5.74, 6) is 0. The first-order valence-electron chi connectivity index (χ1n) is 9.53. The molecule has 7 heteroatoms. The summed E-state index contributed by atoms with van der Waals surface area (Å²) in [5.41, 5.74) is 5.99. The van der Waals surface area contributed by atoms with Crippen LogP contribution in [0.3, 0.4) is 0 Å². The first kappa shape index (κ1) is 19.0. The number of aromatic nitrogens is 3. The first-order valence-corrected chi connectivity index (χ1v) is 10.3. The number of thiazole rings is 1. The van der Waals surface area contributed by atoms with E-state index in [9.17, 15) is 4.79 Å². The van der Waals surface area contributed by atoms with Gasteiger partial charge in [0.05, 0.1) is 10.2 Å². The molecule has 0 aliphatic rings. The van der Waals surface area contributed by atoms with Gasteiger partial charge in [0.15, 0.2) is 5.13 Å². The van der Waals surface area contributed by atoms with E-state index >= 15 is 0 Å². The zero-order valence-corrected chi connectivity index (χ0v) is 17.1. The van der Waals surface area contributed by atoms with Crippen LogP contribution < -0.4 is 10.6 Å². The fourth-order valence-corrected chi connectivity index (χ4v) is 4.07. The van der Waals surface area contributed by atoms with Gasteiger partial charge in [0, 0.05) is 47.5 Å². The third kappa shape index (κ3) is 4.09. The molecule has 0 saturated carbocycles. The molecule has 3 aromatic heterocycles. The molecule has 2 N–H and O–H groups in total. The summed E-state index contributed by atoms with van der Waals surface area (Å²) in [4.78, 5) is 25.4. The van der Waals surface area contributed by atoms with Crippen molar-refractivity contribution in [1.82, 2.24) is 20.3 Å². The van der Waals surface area contributed by atoms with Gasteiger partial charge < -0.3 is 5.32 Å². The van der Waals surface area contributed by atoms with Crippen molar-refractivity contribution in [1.29, 1.82) is 0 Å². The van der Waals surface area contributed by atoms with E-state index in [0.29, 0.717) is 11.7 Å². The lowest BCUT2D eigenvalue weighted by Gasteiger charge is -2.08. The number of amides is 2. The first-order chi connectivity index (χ1) is 14.2. The summed E-state index contributed by atoms with van der Waals surface area (Å²) < 4.78 is 1.01. The van der Waals surface area contributed by atoms with Gasteiger partial charge >= 0.3 is 6.03 Å². The second-order valence-corrected chi connectivity index (χ2v) is 7.51. The van der Waals surface area contributed by atoms with Crippen LogP contribution in [0, 0.1) is 0 Å². The lowest BCUT2D eigenvalue weighted by molar-refractivity contribution is 0.252. The number of carbonyl (C=O) groups is 1. The number of hydrogen-bond donors (Lipinski definition) is 2.